The zero-order valence-corrected chi connectivity index (χ0v) is 11.8. The van der Waals surface area contributed by atoms with E-state index in [0.29, 0.717) is 6.61 Å². The molecule has 0 fully saturated rings. The van der Waals surface area contributed by atoms with Crippen LogP contribution in [0.3, 0.4) is 0 Å². The predicted octanol–water partition coefficient (Wildman–Crippen LogP) is 3.15. The molecule has 0 spiro atoms. The first-order valence-electron chi connectivity index (χ1n) is 7.04. The molecule has 0 atom stereocenters. The van der Waals surface area contributed by atoms with Gasteiger partial charge in [-0.25, -0.2) is 0 Å². The van der Waals surface area contributed by atoms with Gasteiger partial charge in [0, 0.05) is 12.1 Å². The number of nitrogens with one attached hydrogen (secondary N) is 1. The second kappa shape index (κ2) is 8.28. The molecule has 0 unspecified atom stereocenters. The largest absolute Gasteiger partial charge is 0.396 e. The molecule has 0 aromatic heterocycles. The quantitative estimate of drug-likeness (QED) is 0.659. The van der Waals surface area contributed by atoms with E-state index < -0.39 is 0 Å². The van der Waals surface area contributed by atoms with E-state index in [2.05, 4.69) is 49.5 Å². The number of hydrogen-bond acceptors (Lipinski definition) is 2. The number of hydrogen-bond donors (Lipinski definition) is 2. The van der Waals surface area contributed by atoms with Crippen molar-refractivity contribution in [2.24, 2.45) is 0 Å². The van der Waals surface area contributed by atoms with E-state index in [4.69, 9.17) is 5.11 Å². The Bertz CT molecular complexity index is 308. The Hall–Kier alpha value is -0.860. The lowest BCUT2D eigenvalue weighted by atomic mass is 9.95. The van der Waals surface area contributed by atoms with Crippen molar-refractivity contribution >= 4 is 0 Å². The minimum absolute atomic E-state index is 0.151. The van der Waals surface area contributed by atoms with Crippen LogP contribution in [0.1, 0.15) is 45.1 Å². The van der Waals surface area contributed by atoms with Crippen LogP contribution >= 0.6 is 0 Å². The molecule has 0 aliphatic rings. The summed E-state index contributed by atoms with van der Waals surface area (Å²) in [6, 6.07) is 10.6. The zero-order valence-electron chi connectivity index (χ0n) is 11.8. The molecule has 2 nitrogen and oxygen atoms in total. The van der Waals surface area contributed by atoms with Gasteiger partial charge in [0.15, 0.2) is 0 Å². The molecular formula is C16H27NO. The Morgan fingerprint density at radius 2 is 1.67 bits per heavy atom. The molecule has 2 N–H and O–H groups in total. The first-order chi connectivity index (χ1) is 8.64. The second-order valence-corrected chi connectivity index (χ2v) is 5.61. The van der Waals surface area contributed by atoms with Crippen LogP contribution in [-0.4, -0.2) is 23.8 Å². The van der Waals surface area contributed by atoms with Crippen molar-refractivity contribution in [2.75, 3.05) is 13.2 Å². The van der Waals surface area contributed by atoms with E-state index >= 15 is 0 Å². The number of rotatable bonds is 9. The maximum Gasteiger partial charge on any atom is 0.0431 e. The summed E-state index contributed by atoms with van der Waals surface area (Å²) in [5.74, 6) is 0. The molecule has 1 rings (SSSR count). The van der Waals surface area contributed by atoms with Crippen molar-refractivity contribution < 1.29 is 5.11 Å². The predicted molar refractivity (Wildman–Crippen MR) is 77.8 cm³/mol. The van der Waals surface area contributed by atoms with Crippen molar-refractivity contribution in [3.05, 3.63) is 35.9 Å². The monoisotopic (exact) mass is 249 g/mol. The summed E-state index contributed by atoms with van der Waals surface area (Å²) >= 11 is 0. The first-order valence-corrected chi connectivity index (χ1v) is 7.04. The lowest BCUT2D eigenvalue weighted by Gasteiger charge is -2.26. The van der Waals surface area contributed by atoms with Gasteiger partial charge < -0.3 is 10.4 Å². The van der Waals surface area contributed by atoms with Crippen molar-refractivity contribution in [1.82, 2.24) is 5.32 Å². The molecule has 18 heavy (non-hydrogen) atoms. The molecule has 1 aromatic carbocycles. The number of aliphatic hydroxyl groups excluding tert-OH is 1. The molecule has 0 aliphatic carbocycles. The average Bonchev–Trinajstić information content (AvgIpc) is 2.34. The third-order valence-electron chi connectivity index (χ3n) is 3.18. The maximum absolute atomic E-state index is 8.70. The van der Waals surface area contributed by atoms with E-state index in [0.717, 1.165) is 25.8 Å². The van der Waals surface area contributed by atoms with Crippen LogP contribution < -0.4 is 5.32 Å². The van der Waals surface area contributed by atoms with Gasteiger partial charge in [0.05, 0.1) is 0 Å². The summed E-state index contributed by atoms with van der Waals surface area (Å²) in [6.07, 6.45) is 5.53. The molecule has 102 valence electrons. The van der Waals surface area contributed by atoms with Gasteiger partial charge in [0.25, 0.3) is 0 Å². The fourth-order valence-corrected chi connectivity index (χ4v) is 2.19. The van der Waals surface area contributed by atoms with Crippen LogP contribution in [-0.2, 0) is 6.42 Å². The molecule has 0 bridgehead atoms. The fourth-order valence-electron chi connectivity index (χ4n) is 2.19. The van der Waals surface area contributed by atoms with E-state index in [1.807, 2.05) is 0 Å². The highest BCUT2D eigenvalue weighted by Crippen LogP contribution is 2.12. The van der Waals surface area contributed by atoms with Gasteiger partial charge in [-0.2, -0.15) is 0 Å². The molecule has 0 saturated heterocycles. The Kier molecular flexibility index (Phi) is 6.99. The second-order valence-electron chi connectivity index (χ2n) is 5.61. The highest BCUT2D eigenvalue weighted by molar-refractivity contribution is 5.17. The van der Waals surface area contributed by atoms with Gasteiger partial charge in [-0.3, -0.25) is 0 Å². The van der Waals surface area contributed by atoms with Crippen LogP contribution in [0.4, 0.5) is 0 Å². The van der Waals surface area contributed by atoms with Gasteiger partial charge in [-0.15, -0.1) is 0 Å². The molecule has 2 heteroatoms. The molecule has 0 aliphatic heterocycles. The van der Waals surface area contributed by atoms with Crippen LogP contribution in [0.25, 0.3) is 0 Å². The maximum atomic E-state index is 8.70. The molecule has 0 amide bonds. The third-order valence-corrected chi connectivity index (χ3v) is 3.18. The Morgan fingerprint density at radius 3 is 2.33 bits per heavy atom. The number of benzene rings is 1. The molecule has 0 radical (unpaired) electrons. The lowest BCUT2D eigenvalue weighted by molar-refractivity contribution is 0.281. The van der Waals surface area contributed by atoms with Crippen LogP contribution in [0.2, 0.25) is 0 Å². The minimum Gasteiger partial charge on any atom is -0.396 e. The summed E-state index contributed by atoms with van der Waals surface area (Å²) in [7, 11) is 0. The van der Waals surface area contributed by atoms with E-state index in [-0.39, 0.29) is 5.54 Å². The highest BCUT2D eigenvalue weighted by atomic mass is 16.2. The van der Waals surface area contributed by atoms with Crippen LogP contribution in [0.15, 0.2) is 30.3 Å². The van der Waals surface area contributed by atoms with E-state index in [1.165, 1.54) is 18.4 Å². The molecule has 0 heterocycles. The minimum atomic E-state index is 0.151. The molecular weight excluding hydrogens is 222 g/mol. The summed E-state index contributed by atoms with van der Waals surface area (Å²) in [6.45, 7) is 5.90. The third kappa shape index (κ3) is 6.77. The summed E-state index contributed by atoms with van der Waals surface area (Å²) in [4.78, 5) is 0. The van der Waals surface area contributed by atoms with E-state index in [9.17, 15) is 0 Å². The summed E-state index contributed by atoms with van der Waals surface area (Å²) in [5.41, 5.74) is 1.54. The standard InChI is InChI=1S/C16H27NO/c1-16(2,14-15-10-6-5-7-11-15)17-12-8-3-4-9-13-18/h5-7,10-11,17-18H,3-4,8-9,12-14H2,1-2H3. The van der Waals surface area contributed by atoms with Crippen molar-refractivity contribution in [2.45, 2.75) is 51.5 Å². The Morgan fingerprint density at radius 1 is 1.00 bits per heavy atom. The van der Waals surface area contributed by atoms with Crippen molar-refractivity contribution in [3.63, 3.8) is 0 Å². The molecule has 1 aromatic rings. The van der Waals surface area contributed by atoms with E-state index in [1.54, 1.807) is 0 Å². The number of aliphatic hydroxyl groups is 1. The normalized spacial score (nSPS) is 11.7. The first kappa shape index (κ1) is 15.2. The van der Waals surface area contributed by atoms with Gasteiger partial charge in [-0.05, 0) is 45.2 Å². The highest BCUT2D eigenvalue weighted by Gasteiger charge is 2.16. The summed E-state index contributed by atoms with van der Waals surface area (Å²) < 4.78 is 0. The van der Waals surface area contributed by atoms with Gasteiger partial charge in [0.2, 0.25) is 0 Å². The SMILES string of the molecule is CC(C)(Cc1ccccc1)NCCCCCCO. The molecule has 0 saturated carbocycles. The Labute approximate surface area is 111 Å². The zero-order chi connectivity index (χ0) is 13.3. The smallest absolute Gasteiger partial charge is 0.0431 e. The topological polar surface area (TPSA) is 32.3 Å². The lowest BCUT2D eigenvalue weighted by Crippen LogP contribution is -2.41. The van der Waals surface area contributed by atoms with Crippen LogP contribution in [0, 0.1) is 0 Å². The van der Waals surface area contributed by atoms with Gasteiger partial charge >= 0.3 is 0 Å². The number of unbranched alkanes of at least 4 members (excludes halogenated alkanes) is 3. The summed E-state index contributed by atoms with van der Waals surface area (Å²) in [5, 5.41) is 12.3. The average molecular weight is 249 g/mol. The Balaban J connectivity index is 2.19. The van der Waals surface area contributed by atoms with Gasteiger partial charge in [0.1, 0.15) is 0 Å². The van der Waals surface area contributed by atoms with Crippen molar-refractivity contribution in [3.8, 4) is 0 Å². The fraction of sp³-hybridized carbons (Fsp3) is 0.625. The van der Waals surface area contributed by atoms with Crippen LogP contribution in [0.5, 0.6) is 0 Å². The van der Waals surface area contributed by atoms with Gasteiger partial charge in [-0.1, -0.05) is 43.2 Å². The van der Waals surface area contributed by atoms with Crippen molar-refractivity contribution in [1.29, 1.82) is 0 Å².